The highest BCUT2D eigenvalue weighted by atomic mass is 16.3. The highest BCUT2D eigenvalue weighted by Crippen LogP contribution is 2.25. The lowest BCUT2D eigenvalue weighted by Crippen LogP contribution is -2.57. The standard InChI is InChI=1S/C13H26N2O/c1-3-14-8-9-15(10-11(14)2)12-6-4-5-7-13(12)16/h11-13,16H,3-10H2,1-2H3/t11?,12-,13-/m0/s1. The van der Waals surface area contributed by atoms with Gasteiger partial charge in [-0.1, -0.05) is 19.8 Å². The van der Waals surface area contributed by atoms with Crippen LogP contribution in [0, 0.1) is 0 Å². The second-order valence-corrected chi connectivity index (χ2v) is 5.39. The van der Waals surface area contributed by atoms with Crippen molar-refractivity contribution in [2.24, 2.45) is 0 Å². The molecule has 3 heteroatoms. The highest BCUT2D eigenvalue weighted by molar-refractivity contribution is 4.88. The summed E-state index contributed by atoms with van der Waals surface area (Å²) in [4.78, 5) is 5.06. The molecule has 1 heterocycles. The lowest BCUT2D eigenvalue weighted by atomic mass is 9.90. The zero-order valence-electron chi connectivity index (χ0n) is 10.7. The normalized spacial score (nSPS) is 38.8. The number of piperazine rings is 1. The van der Waals surface area contributed by atoms with Crippen molar-refractivity contribution < 1.29 is 5.11 Å². The largest absolute Gasteiger partial charge is 0.391 e. The van der Waals surface area contributed by atoms with E-state index in [1.807, 2.05) is 0 Å². The Morgan fingerprint density at radius 2 is 1.94 bits per heavy atom. The van der Waals surface area contributed by atoms with E-state index in [9.17, 15) is 5.11 Å². The Kier molecular flexibility index (Phi) is 4.22. The van der Waals surface area contributed by atoms with E-state index in [-0.39, 0.29) is 6.10 Å². The molecule has 0 bridgehead atoms. The molecule has 0 aromatic carbocycles. The van der Waals surface area contributed by atoms with Gasteiger partial charge in [-0.25, -0.2) is 0 Å². The molecule has 1 saturated heterocycles. The zero-order chi connectivity index (χ0) is 11.5. The Morgan fingerprint density at radius 3 is 2.56 bits per heavy atom. The fourth-order valence-electron chi connectivity index (χ4n) is 3.31. The van der Waals surface area contributed by atoms with Gasteiger partial charge in [0.2, 0.25) is 0 Å². The van der Waals surface area contributed by atoms with Crippen LogP contribution in [0.4, 0.5) is 0 Å². The molecule has 2 fully saturated rings. The molecule has 0 spiro atoms. The lowest BCUT2D eigenvalue weighted by Gasteiger charge is -2.45. The van der Waals surface area contributed by atoms with Crippen molar-refractivity contribution in [3.05, 3.63) is 0 Å². The number of hydrogen-bond donors (Lipinski definition) is 1. The van der Waals surface area contributed by atoms with Crippen LogP contribution in [0.1, 0.15) is 39.5 Å². The maximum absolute atomic E-state index is 10.1. The molecule has 3 atom stereocenters. The summed E-state index contributed by atoms with van der Waals surface area (Å²) in [5, 5.41) is 10.1. The molecule has 94 valence electrons. The van der Waals surface area contributed by atoms with E-state index < -0.39 is 0 Å². The molecule has 2 aliphatic rings. The van der Waals surface area contributed by atoms with Crippen LogP contribution in [0.2, 0.25) is 0 Å². The van der Waals surface area contributed by atoms with E-state index in [1.165, 1.54) is 25.8 Å². The first-order valence-electron chi connectivity index (χ1n) is 6.88. The Balaban J connectivity index is 1.90. The second kappa shape index (κ2) is 5.48. The van der Waals surface area contributed by atoms with Crippen molar-refractivity contribution >= 4 is 0 Å². The van der Waals surface area contributed by atoms with Gasteiger partial charge in [-0.05, 0) is 26.3 Å². The summed E-state index contributed by atoms with van der Waals surface area (Å²) in [5.41, 5.74) is 0. The van der Waals surface area contributed by atoms with Gasteiger partial charge in [0.25, 0.3) is 0 Å². The number of aliphatic hydroxyl groups is 1. The van der Waals surface area contributed by atoms with Crippen LogP contribution in [-0.2, 0) is 0 Å². The van der Waals surface area contributed by atoms with Gasteiger partial charge < -0.3 is 5.11 Å². The topological polar surface area (TPSA) is 26.7 Å². The van der Waals surface area contributed by atoms with Crippen LogP contribution in [0.5, 0.6) is 0 Å². The second-order valence-electron chi connectivity index (χ2n) is 5.39. The molecule has 2 rings (SSSR count). The van der Waals surface area contributed by atoms with Crippen LogP contribution >= 0.6 is 0 Å². The summed E-state index contributed by atoms with van der Waals surface area (Å²) in [6.07, 6.45) is 4.63. The highest BCUT2D eigenvalue weighted by Gasteiger charge is 2.32. The van der Waals surface area contributed by atoms with Crippen LogP contribution < -0.4 is 0 Å². The van der Waals surface area contributed by atoms with Gasteiger partial charge >= 0.3 is 0 Å². The van der Waals surface area contributed by atoms with Crippen LogP contribution in [-0.4, -0.2) is 59.3 Å². The van der Waals surface area contributed by atoms with Crippen molar-refractivity contribution in [2.45, 2.75) is 57.7 Å². The van der Waals surface area contributed by atoms with Gasteiger partial charge in [0.15, 0.2) is 0 Å². The molecule has 0 radical (unpaired) electrons. The first-order chi connectivity index (χ1) is 7.72. The number of hydrogen-bond acceptors (Lipinski definition) is 3. The van der Waals surface area contributed by atoms with Gasteiger partial charge in [0.05, 0.1) is 6.10 Å². The van der Waals surface area contributed by atoms with Gasteiger partial charge in [-0.2, -0.15) is 0 Å². The molecule has 0 amide bonds. The third-order valence-corrected chi connectivity index (χ3v) is 4.37. The minimum Gasteiger partial charge on any atom is -0.391 e. The summed E-state index contributed by atoms with van der Waals surface area (Å²) in [5.74, 6) is 0. The van der Waals surface area contributed by atoms with Crippen LogP contribution in [0.25, 0.3) is 0 Å². The minimum atomic E-state index is -0.0749. The number of rotatable bonds is 2. The predicted molar refractivity (Wildman–Crippen MR) is 66.5 cm³/mol. The quantitative estimate of drug-likeness (QED) is 0.769. The molecule has 1 unspecified atom stereocenters. The van der Waals surface area contributed by atoms with Crippen molar-refractivity contribution in [3.63, 3.8) is 0 Å². The monoisotopic (exact) mass is 226 g/mol. The fraction of sp³-hybridized carbons (Fsp3) is 1.00. The summed E-state index contributed by atoms with van der Waals surface area (Å²) < 4.78 is 0. The van der Waals surface area contributed by atoms with E-state index in [4.69, 9.17) is 0 Å². The average Bonchev–Trinajstić information content (AvgIpc) is 2.29. The molecule has 0 aromatic rings. The van der Waals surface area contributed by atoms with Crippen molar-refractivity contribution in [1.82, 2.24) is 9.80 Å². The number of likely N-dealkylation sites (N-methyl/N-ethyl adjacent to an activating group) is 1. The van der Waals surface area contributed by atoms with E-state index in [0.717, 1.165) is 26.1 Å². The molecular formula is C13H26N2O. The molecule has 1 saturated carbocycles. The first kappa shape index (κ1) is 12.3. The average molecular weight is 226 g/mol. The number of nitrogens with zero attached hydrogens (tertiary/aromatic N) is 2. The van der Waals surface area contributed by atoms with Gasteiger partial charge in [-0.15, -0.1) is 0 Å². The van der Waals surface area contributed by atoms with Crippen LogP contribution in [0.3, 0.4) is 0 Å². The SMILES string of the molecule is CCN1CCN([C@H]2CCCC[C@@H]2O)CC1C. The van der Waals surface area contributed by atoms with Crippen molar-refractivity contribution in [1.29, 1.82) is 0 Å². The van der Waals surface area contributed by atoms with Crippen molar-refractivity contribution in [2.75, 3.05) is 26.2 Å². The predicted octanol–water partition coefficient (Wildman–Crippen LogP) is 1.32. The third-order valence-electron chi connectivity index (χ3n) is 4.37. The van der Waals surface area contributed by atoms with E-state index in [1.54, 1.807) is 0 Å². The summed E-state index contributed by atoms with van der Waals surface area (Å²) >= 11 is 0. The first-order valence-corrected chi connectivity index (χ1v) is 6.88. The van der Waals surface area contributed by atoms with Gasteiger partial charge in [-0.3, -0.25) is 9.80 Å². The Bertz CT molecular complexity index is 222. The van der Waals surface area contributed by atoms with E-state index in [0.29, 0.717) is 12.1 Å². The molecule has 1 aliphatic carbocycles. The maximum atomic E-state index is 10.1. The fourth-order valence-corrected chi connectivity index (χ4v) is 3.31. The summed E-state index contributed by atoms with van der Waals surface area (Å²) in [7, 11) is 0. The maximum Gasteiger partial charge on any atom is 0.0695 e. The Labute approximate surface area is 99.4 Å². The Morgan fingerprint density at radius 1 is 1.19 bits per heavy atom. The molecule has 1 N–H and O–H groups in total. The van der Waals surface area contributed by atoms with Crippen LogP contribution in [0.15, 0.2) is 0 Å². The Hall–Kier alpha value is -0.120. The van der Waals surface area contributed by atoms with E-state index in [2.05, 4.69) is 23.6 Å². The molecule has 16 heavy (non-hydrogen) atoms. The zero-order valence-corrected chi connectivity index (χ0v) is 10.7. The number of aliphatic hydroxyl groups excluding tert-OH is 1. The lowest BCUT2D eigenvalue weighted by molar-refractivity contribution is -0.0175. The molecule has 1 aliphatic heterocycles. The van der Waals surface area contributed by atoms with Gasteiger partial charge in [0.1, 0.15) is 0 Å². The van der Waals surface area contributed by atoms with Gasteiger partial charge in [0, 0.05) is 31.7 Å². The third kappa shape index (κ3) is 2.58. The summed E-state index contributed by atoms with van der Waals surface area (Å²) in [6.45, 7) is 9.14. The van der Waals surface area contributed by atoms with Crippen molar-refractivity contribution in [3.8, 4) is 0 Å². The molecule has 3 nitrogen and oxygen atoms in total. The molecule has 0 aromatic heterocycles. The smallest absolute Gasteiger partial charge is 0.0695 e. The molecular weight excluding hydrogens is 200 g/mol. The minimum absolute atomic E-state index is 0.0749. The van der Waals surface area contributed by atoms with E-state index >= 15 is 0 Å². The summed E-state index contributed by atoms with van der Waals surface area (Å²) in [6, 6.07) is 1.09.